The molecule has 0 aliphatic heterocycles. The van der Waals surface area contributed by atoms with Gasteiger partial charge in [-0.05, 0) is 61.3 Å². The minimum absolute atomic E-state index is 0.272. The molecule has 0 unspecified atom stereocenters. The summed E-state index contributed by atoms with van der Waals surface area (Å²) in [7, 11) is 0. The number of amides is 1. The fourth-order valence-corrected chi connectivity index (χ4v) is 4.36. The van der Waals surface area contributed by atoms with E-state index < -0.39 is 5.91 Å². The van der Waals surface area contributed by atoms with Crippen molar-refractivity contribution in [1.82, 2.24) is 0 Å². The van der Waals surface area contributed by atoms with Gasteiger partial charge in [0.05, 0.1) is 0 Å². The molecule has 1 amide bonds. The van der Waals surface area contributed by atoms with Crippen LogP contribution in [0.15, 0.2) is 11.1 Å². The van der Waals surface area contributed by atoms with Crippen molar-refractivity contribution >= 4 is 5.91 Å². The third-order valence-corrected chi connectivity index (χ3v) is 4.66. The van der Waals surface area contributed by atoms with Crippen molar-refractivity contribution in [2.45, 2.75) is 32.1 Å². The lowest BCUT2D eigenvalue weighted by Gasteiger charge is -2.51. The van der Waals surface area contributed by atoms with Gasteiger partial charge >= 0.3 is 0 Å². The van der Waals surface area contributed by atoms with Crippen molar-refractivity contribution in [2.75, 3.05) is 0 Å². The number of rotatable bonds is 1. The van der Waals surface area contributed by atoms with Gasteiger partial charge in [-0.2, -0.15) is 5.26 Å². The summed E-state index contributed by atoms with van der Waals surface area (Å²) in [5, 5.41) is 9.07. The first kappa shape index (κ1) is 9.89. The van der Waals surface area contributed by atoms with Crippen LogP contribution in [0.1, 0.15) is 32.1 Å². The van der Waals surface area contributed by atoms with E-state index in [0.717, 1.165) is 17.4 Å². The van der Waals surface area contributed by atoms with E-state index in [9.17, 15) is 4.79 Å². The third kappa shape index (κ3) is 1.29. The predicted octanol–water partition coefficient (Wildman–Crippen LogP) is 1.75. The summed E-state index contributed by atoms with van der Waals surface area (Å²) in [6, 6.07) is 2.03. The highest BCUT2D eigenvalue weighted by molar-refractivity contribution is 5.97. The largest absolute Gasteiger partial charge is 0.365 e. The summed E-state index contributed by atoms with van der Waals surface area (Å²) < 4.78 is 0. The average molecular weight is 216 g/mol. The SMILES string of the molecule is N#CC(C(N)=O)=C1C2CC3CC(C2)CC1C3. The number of hydrogen-bond acceptors (Lipinski definition) is 2. The summed E-state index contributed by atoms with van der Waals surface area (Å²) in [5.74, 6) is 2.14. The van der Waals surface area contributed by atoms with Crippen LogP contribution in [-0.4, -0.2) is 5.91 Å². The van der Waals surface area contributed by atoms with Gasteiger partial charge in [-0.1, -0.05) is 0 Å². The van der Waals surface area contributed by atoms with E-state index in [4.69, 9.17) is 11.0 Å². The lowest BCUT2D eigenvalue weighted by Crippen LogP contribution is -2.41. The van der Waals surface area contributed by atoms with Gasteiger partial charge < -0.3 is 5.73 Å². The van der Waals surface area contributed by atoms with Crippen LogP contribution < -0.4 is 5.73 Å². The number of primary amides is 1. The summed E-state index contributed by atoms with van der Waals surface area (Å²) in [4.78, 5) is 11.3. The van der Waals surface area contributed by atoms with Crippen molar-refractivity contribution in [3.05, 3.63) is 11.1 Å². The van der Waals surface area contributed by atoms with Gasteiger partial charge in [0.1, 0.15) is 11.6 Å². The maximum Gasteiger partial charge on any atom is 0.259 e. The Balaban J connectivity index is 2.03. The molecule has 4 rings (SSSR count). The molecule has 2 N–H and O–H groups in total. The Morgan fingerprint density at radius 2 is 1.62 bits per heavy atom. The molecule has 0 aromatic rings. The maximum absolute atomic E-state index is 11.3. The molecule has 84 valence electrons. The van der Waals surface area contributed by atoms with Gasteiger partial charge in [0.2, 0.25) is 0 Å². The van der Waals surface area contributed by atoms with Crippen LogP contribution in [0.25, 0.3) is 0 Å². The Labute approximate surface area is 95.3 Å². The molecule has 0 saturated heterocycles. The van der Waals surface area contributed by atoms with E-state index in [-0.39, 0.29) is 5.57 Å². The maximum atomic E-state index is 11.3. The van der Waals surface area contributed by atoms with Gasteiger partial charge in [-0.15, -0.1) is 0 Å². The minimum Gasteiger partial charge on any atom is -0.365 e. The topological polar surface area (TPSA) is 66.9 Å². The molecule has 4 aliphatic rings. The van der Waals surface area contributed by atoms with E-state index in [1.807, 2.05) is 6.07 Å². The smallest absolute Gasteiger partial charge is 0.259 e. The number of nitriles is 1. The number of nitrogens with two attached hydrogens (primary N) is 1. The highest BCUT2D eigenvalue weighted by Gasteiger charge is 2.46. The highest BCUT2D eigenvalue weighted by Crippen LogP contribution is 2.56. The number of hydrogen-bond donors (Lipinski definition) is 1. The number of carbonyl (C=O) groups is 1. The monoisotopic (exact) mass is 216 g/mol. The highest BCUT2D eigenvalue weighted by atomic mass is 16.1. The second-order valence-corrected chi connectivity index (χ2v) is 5.61. The Bertz CT molecular complexity index is 386. The average Bonchev–Trinajstić information content (AvgIpc) is 2.21. The standard InChI is InChI=1S/C13H16N2O/c14-6-11(13(15)16)12-9-2-7-1-8(4-9)5-10(12)3-7/h7-10H,1-5H2,(H2,15,16). The molecule has 4 bridgehead atoms. The number of allylic oxidation sites excluding steroid dienone is 1. The van der Waals surface area contributed by atoms with Crippen molar-refractivity contribution in [3.63, 3.8) is 0 Å². The van der Waals surface area contributed by atoms with Crippen LogP contribution in [0, 0.1) is 35.0 Å². The zero-order valence-electron chi connectivity index (χ0n) is 9.28. The van der Waals surface area contributed by atoms with Crippen molar-refractivity contribution in [1.29, 1.82) is 5.26 Å². The van der Waals surface area contributed by atoms with Crippen molar-refractivity contribution in [2.24, 2.45) is 29.4 Å². The second-order valence-electron chi connectivity index (χ2n) is 5.61. The summed E-state index contributed by atoms with van der Waals surface area (Å²) in [6.45, 7) is 0. The Kier molecular flexibility index (Phi) is 2.07. The molecular formula is C13H16N2O. The van der Waals surface area contributed by atoms with Crippen LogP contribution >= 0.6 is 0 Å². The van der Waals surface area contributed by atoms with Gasteiger partial charge in [-0.25, -0.2) is 0 Å². The molecule has 0 heterocycles. The molecule has 3 heteroatoms. The first-order valence-corrected chi connectivity index (χ1v) is 6.13. The fraction of sp³-hybridized carbons (Fsp3) is 0.692. The van der Waals surface area contributed by atoms with Gasteiger partial charge in [0, 0.05) is 0 Å². The Morgan fingerprint density at radius 3 is 2.00 bits per heavy atom. The molecule has 3 nitrogen and oxygen atoms in total. The van der Waals surface area contributed by atoms with E-state index in [2.05, 4.69) is 0 Å². The molecule has 0 spiro atoms. The summed E-state index contributed by atoms with van der Waals surface area (Å²) >= 11 is 0. The molecule has 16 heavy (non-hydrogen) atoms. The van der Waals surface area contributed by atoms with Crippen LogP contribution in [0.3, 0.4) is 0 Å². The van der Waals surface area contributed by atoms with Gasteiger partial charge in [0.15, 0.2) is 0 Å². The molecule has 0 atom stereocenters. The zero-order valence-corrected chi connectivity index (χ0v) is 9.28. The molecular weight excluding hydrogens is 200 g/mol. The van der Waals surface area contributed by atoms with E-state index >= 15 is 0 Å². The van der Waals surface area contributed by atoms with Crippen molar-refractivity contribution < 1.29 is 4.79 Å². The van der Waals surface area contributed by atoms with Crippen LogP contribution in [-0.2, 0) is 4.79 Å². The quantitative estimate of drug-likeness (QED) is 0.536. The van der Waals surface area contributed by atoms with Crippen molar-refractivity contribution in [3.8, 4) is 6.07 Å². The van der Waals surface area contributed by atoms with Gasteiger partial charge in [-0.3, -0.25) is 4.79 Å². The fourth-order valence-electron chi connectivity index (χ4n) is 4.36. The van der Waals surface area contributed by atoms with Crippen LogP contribution in [0.2, 0.25) is 0 Å². The Morgan fingerprint density at radius 1 is 1.12 bits per heavy atom. The lowest BCUT2D eigenvalue weighted by molar-refractivity contribution is -0.114. The molecule has 0 aromatic heterocycles. The van der Waals surface area contributed by atoms with Crippen LogP contribution in [0.5, 0.6) is 0 Å². The van der Waals surface area contributed by atoms with Crippen LogP contribution in [0.4, 0.5) is 0 Å². The zero-order chi connectivity index (χ0) is 11.3. The van der Waals surface area contributed by atoms with E-state index in [0.29, 0.717) is 11.8 Å². The lowest BCUT2D eigenvalue weighted by atomic mass is 9.53. The molecule has 4 saturated carbocycles. The molecule has 0 radical (unpaired) electrons. The second kappa shape index (κ2) is 3.35. The number of carbonyl (C=O) groups excluding carboxylic acids is 1. The third-order valence-electron chi connectivity index (χ3n) is 4.66. The summed E-state index contributed by atoms with van der Waals surface area (Å²) in [6.07, 6.45) is 6.10. The minimum atomic E-state index is -0.523. The van der Waals surface area contributed by atoms with Gasteiger partial charge in [0.25, 0.3) is 5.91 Å². The normalized spacial score (nSPS) is 39.6. The Hall–Kier alpha value is -1.30. The van der Waals surface area contributed by atoms with E-state index in [1.54, 1.807) is 0 Å². The number of nitrogens with zero attached hydrogens (tertiary/aromatic N) is 1. The predicted molar refractivity (Wildman–Crippen MR) is 58.9 cm³/mol. The van der Waals surface area contributed by atoms with E-state index in [1.165, 1.54) is 32.1 Å². The first-order valence-electron chi connectivity index (χ1n) is 6.13. The first-order chi connectivity index (χ1) is 7.69. The molecule has 4 fully saturated rings. The summed E-state index contributed by atoms with van der Waals surface area (Å²) in [5.41, 5.74) is 6.69. The molecule has 4 aliphatic carbocycles. The molecule has 0 aromatic carbocycles.